The zero-order valence-corrected chi connectivity index (χ0v) is 8.71. The maximum atomic E-state index is 10.9. The second kappa shape index (κ2) is 5.45. The molecule has 0 radical (unpaired) electrons. The Bertz CT molecular complexity index is 332. The summed E-state index contributed by atoms with van der Waals surface area (Å²) in [7, 11) is 0. The van der Waals surface area contributed by atoms with Crippen LogP contribution < -0.4 is 5.32 Å². The summed E-state index contributed by atoms with van der Waals surface area (Å²) in [6, 6.07) is 9.78. The fourth-order valence-corrected chi connectivity index (χ4v) is 1.16. The lowest BCUT2D eigenvalue weighted by atomic mass is 10.2. The van der Waals surface area contributed by atoms with Gasteiger partial charge in [0.25, 0.3) is 0 Å². The number of carbonyl (C=O) groups excluding carboxylic acids is 1. The minimum atomic E-state index is -0.184. The Morgan fingerprint density at radius 1 is 1.43 bits per heavy atom. The molecule has 0 unspecified atom stereocenters. The van der Waals surface area contributed by atoms with Crippen molar-refractivity contribution in [3.63, 3.8) is 0 Å². The van der Waals surface area contributed by atoms with Gasteiger partial charge in [0.05, 0.1) is 0 Å². The van der Waals surface area contributed by atoms with Crippen LogP contribution in [0.3, 0.4) is 0 Å². The van der Waals surface area contributed by atoms with E-state index in [1.54, 1.807) is 0 Å². The van der Waals surface area contributed by atoms with E-state index in [0.29, 0.717) is 0 Å². The van der Waals surface area contributed by atoms with Crippen LogP contribution in [-0.4, -0.2) is 11.8 Å². The van der Waals surface area contributed by atoms with Crippen LogP contribution in [0.1, 0.15) is 12.5 Å². The molecule has 3 heteroatoms. The highest BCUT2D eigenvalue weighted by molar-refractivity contribution is 6.27. The van der Waals surface area contributed by atoms with Gasteiger partial charge < -0.3 is 5.32 Å². The van der Waals surface area contributed by atoms with E-state index in [4.69, 9.17) is 11.6 Å². The predicted octanol–water partition coefficient (Wildman–Crippen LogP) is 2.40. The molecule has 1 rings (SSSR count). The van der Waals surface area contributed by atoms with E-state index >= 15 is 0 Å². The molecule has 1 aromatic carbocycles. The van der Waals surface area contributed by atoms with Gasteiger partial charge in [-0.2, -0.15) is 0 Å². The molecule has 1 N–H and O–H groups in total. The van der Waals surface area contributed by atoms with Gasteiger partial charge in [0.2, 0.25) is 5.91 Å². The zero-order valence-electron chi connectivity index (χ0n) is 7.96. The third kappa shape index (κ3) is 3.62. The van der Waals surface area contributed by atoms with Crippen LogP contribution in [0.4, 0.5) is 0 Å². The van der Waals surface area contributed by atoms with E-state index in [0.717, 1.165) is 11.3 Å². The first-order valence-corrected chi connectivity index (χ1v) is 4.85. The van der Waals surface area contributed by atoms with Gasteiger partial charge in [-0.1, -0.05) is 30.3 Å². The molecule has 0 heterocycles. The number of alkyl halides is 1. The Labute approximate surface area is 88.6 Å². The molecular formula is C11H12ClNO. The smallest absolute Gasteiger partial charge is 0.239 e. The molecule has 1 aromatic rings. The summed E-state index contributed by atoms with van der Waals surface area (Å²) in [6.07, 6.45) is 1.89. The highest BCUT2D eigenvalue weighted by atomic mass is 35.5. The molecule has 0 saturated carbocycles. The van der Waals surface area contributed by atoms with Crippen molar-refractivity contribution in [1.82, 2.24) is 5.32 Å². The van der Waals surface area contributed by atoms with Crippen LogP contribution in [0.5, 0.6) is 0 Å². The standard InChI is InChI=1S/C11H12ClNO/c1-9(13-11(14)8-12)7-10-5-3-2-4-6-10/h2-7H,8H2,1H3,(H,13,14). The highest BCUT2D eigenvalue weighted by Gasteiger charge is 1.97. The first-order valence-electron chi connectivity index (χ1n) is 4.31. The third-order valence-corrected chi connectivity index (χ3v) is 1.88. The number of rotatable bonds is 3. The molecule has 2 nitrogen and oxygen atoms in total. The van der Waals surface area contributed by atoms with Gasteiger partial charge in [-0.05, 0) is 18.6 Å². The van der Waals surface area contributed by atoms with Crippen LogP contribution in [0.2, 0.25) is 0 Å². The molecule has 1 amide bonds. The van der Waals surface area contributed by atoms with Crippen molar-refractivity contribution in [1.29, 1.82) is 0 Å². The number of benzene rings is 1. The molecule has 74 valence electrons. The van der Waals surface area contributed by atoms with Crippen molar-refractivity contribution < 1.29 is 4.79 Å². The van der Waals surface area contributed by atoms with E-state index in [2.05, 4.69) is 5.32 Å². The lowest BCUT2D eigenvalue weighted by Crippen LogP contribution is -2.22. The first kappa shape index (κ1) is 10.8. The Morgan fingerprint density at radius 3 is 2.64 bits per heavy atom. The quantitative estimate of drug-likeness (QED) is 0.762. The molecule has 0 aliphatic carbocycles. The summed E-state index contributed by atoms with van der Waals surface area (Å²) >= 11 is 5.36. The molecule has 0 fully saturated rings. The summed E-state index contributed by atoms with van der Waals surface area (Å²) in [5, 5.41) is 2.67. The molecule has 14 heavy (non-hydrogen) atoms. The van der Waals surface area contributed by atoms with Crippen LogP contribution in [0.25, 0.3) is 6.08 Å². The molecule has 0 atom stereocenters. The third-order valence-electron chi connectivity index (χ3n) is 1.64. The fourth-order valence-electron chi connectivity index (χ4n) is 1.09. The lowest BCUT2D eigenvalue weighted by Gasteiger charge is -2.02. The van der Waals surface area contributed by atoms with Gasteiger partial charge in [-0.3, -0.25) is 4.79 Å². The van der Waals surface area contributed by atoms with E-state index in [1.165, 1.54) is 0 Å². The number of nitrogens with one attached hydrogen (secondary N) is 1. The molecule has 0 bridgehead atoms. The first-order chi connectivity index (χ1) is 6.72. The van der Waals surface area contributed by atoms with E-state index in [1.807, 2.05) is 43.3 Å². The average molecular weight is 210 g/mol. The normalized spacial score (nSPS) is 11.1. The second-order valence-electron chi connectivity index (χ2n) is 2.92. The molecule has 0 aromatic heterocycles. The number of carbonyl (C=O) groups is 1. The van der Waals surface area contributed by atoms with Gasteiger partial charge in [-0.15, -0.1) is 11.6 Å². The van der Waals surface area contributed by atoms with Crippen molar-refractivity contribution in [2.24, 2.45) is 0 Å². The molecule has 0 saturated heterocycles. The molecule has 0 aliphatic heterocycles. The fraction of sp³-hybridized carbons (Fsp3) is 0.182. The monoisotopic (exact) mass is 209 g/mol. The van der Waals surface area contributed by atoms with Crippen molar-refractivity contribution in [2.45, 2.75) is 6.92 Å². The van der Waals surface area contributed by atoms with Crippen LogP contribution in [0, 0.1) is 0 Å². The number of amides is 1. The van der Waals surface area contributed by atoms with Crippen molar-refractivity contribution >= 4 is 23.6 Å². The van der Waals surface area contributed by atoms with Gasteiger partial charge in [-0.25, -0.2) is 0 Å². The van der Waals surface area contributed by atoms with Crippen molar-refractivity contribution in [2.75, 3.05) is 5.88 Å². The summed E-state index contributed by atoms with van der Waals surface area (Å²) < 4.78 is 0. The van der Waals surface area contributed by atoms with Crippen LogP contribution in [-0.2, 0) is 4.79 Å². The minimum Gasteiger partial charge on any atom is -0.329 e. The Morgan fingerprint density at radius 2 is 2.07 bits per heavy atom. The van der Waals surface area contributed by atoms with Gasteiger partial charge in [0, 0.05) is 5.70 Å². The highest BCUT2D eigenvalue weighted by Crippen LogP contribution is 2.03. The predicted molar refractivity (Wildman–Crippen MR) is 59.0 cm³/mol. The number of hydrogen-bond acceptors (Lipinski definition) is 1. The van der Waals surface area contributed by atoms with Gasteiger partial charge >= 0.3 is 0 Å². The maximum Gasteiger partial charge on any atom is 0.239 e. The zero-order chi connectivity index (χ0) is 10.4. The lowest BCUT2D eigenvalue weighted by molar-refractivity contribution is -0.117. The van der Waals surface area contributed by atoms with Crippen molar-refractivity contribution in [3.8, 4) is 0 Å². The largest absolute Gasteiger partial charge is 0.329 e. The van der Waals surface area contributed by atoms with Gasteiger partial charge in [0.1, 0.15) is 5.88 Å². The van der Waals surface area contributed by atoms with E-state index in [-0.39, 0.29) is 11.8 Å². The van der Waals surface area contributed by atoms with Crippen LogP contribution in [0.15, 0.2) is 36.0 Å². The average Bonchev–Trinajstić information content (AvgIpc) is 2.19. The summed E-state index contributed by atoms with van der Waals surface area (Å²) in [4.78, 5) is 10.9. The Kier molecular flexibility index (Phi) is 4.20. The van der Waals surface area contributed by atoms with Gasteiger partial charge in [0.15, 0.2) is 0 Å². The number of allylic oxidation sites excluding steroid dienone is 1. The van der Waals surface area contributed by atoms with E-state index in [9.17, 15) is 4.79 Å². The molecule has 0 aliphatic rings. The molecule has 0 spiro atoms. The SMILES string of the molecule is CC(=Cc1ccccc1)NC(=O)CCl. The van der Waals surface area contributed by atoms with Crippen molar-refractivity contribution in [3.05, 3.63) is 41.6 Å². The topological polar surface area (TPSA) is 29.1 Å². The summed E-state index contributed by atoms with van der Waals surface area (Å²) in [5.74, 6) is -0.198. The Hall–Kier alpha value is -1.28. The van der Waals surface area contributed by atoms with Crippen LogP contribution >= 0.6 is 11.6 Å². The maximum absolute atomic E-state index is 10.9. The number of halogens is 1. The number of hydrogen-bond donors (Lipinski definition) is 1. The van der Waals surface area contributed by atoms with E-state index < -0.39 is 0 Å². The second-order valence-corrected chi connectivity index (χ2v) is 3.19. The summed E-state index contributed by atoms with van der Waals surface area (Å²) in [5.41, 5.74) is 1.85. The molecular weight excluding hydrogens is 198 g/mol. The Balaban J connectivity index is 2.65. The minimum absolute atomic E-state index is 0.0139. The summed E-state index contributed by atoms with van der Waals surface area (Å²) in [6.45, 7) is 1.83.